The average Bonchev–Trinajstić information content (AvgIpc) is 2.34. The van der Waals surface area contributed by atoms with Gasteiger partial charge in [-0.2, -0.15) is 0 Å². The van der Waals surface area contributed by atoms with Crippen molar-refractivity contribution >= 4 is 33.6 Å². The second-order valence-electron chi connectivity index (χ2n) is 2.04. The van der Waals surface area contributed by atoms with Crippen LogP contribution in [0.15, 0.2) is 24.5 Å². The summed E-state index contributed by atoms with van der Waals surface area (Å²) in [7, 11) is 0. The van der Waals surface area contributed by atoms with Crippen LogP contribution in [0.3, 0.4) is 0 Å². The largest absolute Gasteiger partial charge is 0.345 e. The number of hydrogen-bond donors (Lipinski definition) is 1. The third kappa shape index (κ3) is 0.811. The lowest BCUT2D eigenvalue weighted by Gasteiger charge is -1.85. The maximum Gasteiger partial charge on any atom is 0.138 e. The summed E-state index contributed by atoms with van der Waals surface area (Å²) < 4.78 is 1.22. The highest BCUT2D eigenvalue weighted by molar-refractivity contribution is 14.1. The monoisotopic (exact) mass is 244 g/mol. The van der Waals surface area contributed by atoms with Gasteiger partial charge < -0.3 is 4.98 Å². The molecule has 0 aliphatic heterocycles. The van der Waals surface area contributed by atoms with E-state index in [0.717, 1.165) is 5.65 Å². The maximum absolute atomic E-state index is 4.14. The van der Waals surface area contributed by atoms with E-state index in [1.54, 1.807) is 6.20 Å². The maximum atomic E-state index is 4.14. The summed E-state index contributed by atoms with van der Waals surface area (Å²) in [5.41, 5.74) is 0.965. The average molecular weight is 244 g/mol. The zero-order valence-corrected chi connectivity index (χ0v) is 7.29. The Bertz CT molecular complexity index is 353. The molecule has 0 saturated heterocycles. The lowest BCUT2D eigenvalue weighted by molar-refractivity contribution is 1.32. The van der Waals surface area contributed by atoms with E-state index >= 15 is 0 Å². The fourth-order valence-corrected chi connectivity index (χ4v) is 1.51. The van der Waals surface area contributed by atoms with E-state index in [-0.39, 0.29) is 0 Å². The van der Waals surface area contributed by atoms with Crippen LogP contribution in [0, 0.1) is 3.57 Å². The first-order valence-electron chi connectivity index (χ1n) is 2.95. The van der Waals surface area contributed by atoms with Gasteiger partial charge in [0, 0.05) is 21.4 Å². The van der Waals surface area contributed by atoms with Gasteiger partial charge >= 0.3 is 0 Å². The lowest BCUT2D eigenvalue weighted by atomic mass is 10.3. The summed E-state index contributed by atoms with van der Waals surface area (Å²) in [6, 6.07) is 4.00. The molecule has 50 valence electrons. The van der Waals surface area contributed by atoms with Crippen LogP contribution < -0.4 is 0 Å². The molecule has 0 bridgehead atoms. The Balaban J connectivity index is 2.93. The van der Waals surface area contributed by atoms with Gasteiger partial charge in [-0.15, -0.1) is 0 Å². The molecule has 0 amide bonds. The zero-order chi connectivity index (χ0) is 6.97. The molecule has 10 heavy (non-hydrogen) atoms. The number of nitrogens with zero attached hydrogens (tertiary/aromatic N) is 1. The van der Waals surface area contributed by atoms with Gasteiger partial charge in [0.25, 0.3) is 0 Å². The Morgan fingerprint density at radius 2 is 2.40 bits per heavy atom. The number of halogens is 1. The first-order chi connectivity index (χ1) is 4.88. The van der Waals surface area contributed by atoms with Crippen LogP contribution in [0.1, 0.15) is 0 Å². The molecule has 0 spiro atoms. The minimum atomic E-state index is 0.965. The van der Waals surface area contributed by atoms with E-state index in [0.29, 0.717) is 0 Å². The Kier molecular flexibility index (Phi) is 1.37. The van der Waals surface area contributed by atoms with Crippen molar-refractivity contribution in [3.8, 4) is 0 Å². The van der Waals surface area contributed by atoms with Crippen molar-refractivity contribution in [1.82, 2.24) is 9.97 Å². The molecule has 2 nitrogen and oxygen atoms in total. The van der Waals surface area contributed by atoms with E-state index in [1.807, 2.05) is 12.3 Å². The Labute approximate surface area is 71.8 Å². The van der Waals surface area contributed by atoms with Gasteiger partial charge in [0.1, 0.15) is 5.65 Å². The predicted octanol–water partition coefficient (Wildman–Crippen LogP) is 2.17. The van der Waals surface area contributed by atoms with Crippen LogP contribution >= 0.6 is 22.6 Å². The van der Waals surface area contributed by atoms with Crippen LogP contribution in [0.2, 0.25) is 0 Å². The standard InChI is InChI=1S/C7H5IN2/c8-6-4-10-7-5(6)2-1-3-9-7/h1-4H,(H,9,10). The third-order valence-corrected chi connectivity index (χ3v) is 2.29. The molecule has 0 radical (unpaired) electrons. The smallest absolute Gasteiger partial charge is 0.138 e. The molecule has 0 aliphatic carbocycles. The van der Waals surface area contributed by atoms with Crippen LogP contribution in [-0.2, 0) is 0 Å². The van der Waals surface area contributed by atoms with Crippen molar-refractivity contribution in [2.45, 2.75) is 0 Å². The van der Waals surface area contributed by atoms with Crippen LogP contribution in [-0.4, -0.2) is 9.97 Å². The van der Waals surface area contributed by atoms with Crippen molar-refractivity contribution < 1.29 is 0 Å². The van der Waals surface area contributed by atoms with Gasteiger partial charge in [-0.1, -0.05) is 0 Å². The van der Waals surface area contributed by atoms with Gasteiger partial charge in [0.2, 0.25) is 0 Å². The lowest BCUT2D eigenvalue weighted by Crippen LogP contribution is -1.71. The molecule has 0 atom stereocenters. The highest BCUT2D eigenvalue weighted by Gasteiger charge is 1.97. The van der Waals surface area contributed by atoms with Crippen molar-refractivity contribution in [1.29, 1.82) is 0 Å². The molecule has 0 aromatic carbocycles. The SMILES string of the molecule is Ic1c[nH]c2ncccc12. The van der Waals surface area contributed by atoms with Crippen molar-refractivity contribution in [2.24, 2.45) is 0 Å². The van der Waals surface area contributed by atoms with Crippen LogP contribution in [0.4, 0.5) is 0 Å². The normalized spacial score (nSPS) is 10.5. The molecule has 3 heteroatoms. The minimum absolute atomic E-state index is 0.965. The summed E-state index contributed by atoms with van der Waals surface area (Å²) in [6.07, 6.45) is 3.74. The minimum Gasteiger partial charge on any atom is -0.345 e. The van der Waals surface area contributed by atoms with E-state index in [1.165, 1.54) is 8.96 Å². The zero-order valence-electron chi connectivity index (χ0n) is 5.13. The number of nitrogens with one attached hydrogen (secondary N) is 1. The van der Waals surface area contributed by atoms with Gasteiger partial charge in [0.15, 0.2) is 0 Å². The summed E-state index contributed by atoms with van der Waals surface area (Å²) in [5, 5.41) is 1.20. The number of hydrogen-bond acceptors (Lipinski definition) is 1. The second kappa shape index (κ2) is 2.23. The van der Waals surface area contributed by atoms with E-state index in [4.69, 9.17) is 0 Å². The highest BCUT2D eigenvalue weighted by atomic mass is 127. The summed E-state index contributed by atoms with van der Waals surface area (Å²) in [5.74, 6) is 0. The topological polar surface area (TPSA) is 28.7 Å². The predicted molar refractivity (Wildman–Crippen MR) is 48.8 cm³/mol. The molecule has 0 unspecified atom stereocenters. The summed E-state index contributed by atoms with van der Waals surface area (Å²) >= 11 is 2.28. The van der Waals surface area contributed by atoms with E-state index in [9.17, 15) is 0 Å². The molecule has 2 rings (SSSR count). The molecule has 2 aromatic rings. The Hall–Kier alpha value is -0.580. The number of aromatic nitrogens is 2. The molecule has 2 heterocycles. The molecular formula is C7H5IN2. The molecular weight excluding hydrogens is 239 g/mol. The van der Waals surface area contributed by atoms with Crippen LogP contribution in [0.25, 0.3) is 11.0 Å². The van der Waals surface area contributed by atoms with Gasteiger partial charge in [-0.25, -0.2) is 4.98 Å². The Morgan fingerprint density at radius 3 is 3.20 bits per heavy atom. The second-order valence-corrected chi connectivity index (χ2v) is 3.20. The fraction of sp³-hybridized carbons (Fsp3) is 0. The number of rotatable bonds is 0. The molecule has 2 aromatic heterocycles. The van der Waals surface area contributed by atoms with E-state index in [2.05, 4.69) is 38.6 Å². The molecule has 0 fully saturated rings. The van der Waals surface area contributed by atoms with Crippen LogP contribution in [0.5, 0.6) is 0 Å². The first kappa shape index (κ1) is 6.15. The van der Waals surface area contributed by atoms with Crippen molar-refractivity contribution in [3.05, 3.63) is 28.1 Å². The number of pyridine rings is 1. The summed E-state index contributed by atoms with van der Waals surface area (Å²) in [6.45, 7) is 0. The number of aromatic amines is 1. The molecule has 0 aliphatic rings. The number of H-pyrrole nitrogens is 1. The van der Waals surface area contributed by atoms with Crippen molar-refractivity contribution in [2.75, 3.05) is 0 Å². The van der Waals surface area contributed by atoms with Gasteiger partial charge in [-0.05, 0) is 34.7 Å². The molecule has 1 N–H and O–H groups in total. The molecule has 0 saturated carbocycles. The fourth-order valence-electron chi connectivity index (χ4n) is 0.923. The first-order valence-corrected chi connectivity index (χ1v) is 4.03. The quantitative estimate of drug-likeness (QED) is 0.707. The third-order valence-electron chi connectivity index (χ3n) is 1.40. The van der Waals surface area contributed by atoms with Crippen molar-refractivity contribution in [3.63, 3.8) is 0 Å². The summed E-state index contributed by atoms with van der Waals surface area (Å²) in [4.78, 5) is 7.21. The number of fused-ring (bicyclic) bond motifs is 1. The van der Waals surface area contributed by atoms with Gasteiger partial charge in [-0.3, -0.25) is 0 Å². The Morgan fingerprint density at radius 1 is 1.50 bits per heavy atom. The van der Waals surface area contributed by atoms with E-state index < -0.39 is 0 Å². The highest BCUT2D eigenvalue weighted by Crippen LogP contribution is 2.16. The van der Waals surface area contributed by atoms with Gasteiger partial charge in [0.05, 0.1) is 0 Å².